The van der Waals surface area contributed by atoms with Crippen molar-refractivity contribution in [2.24, 2.45) is 7.05 Å². The minimum absolute atomic E-state index is 0.134. The molecule has 3 aromatic rings. The van der Waals surface area contributed by atoms with E-state index < -0.39 is 0 Å². The van der Waals surface area contributed by atoms with Gasteiger partial charge in [-0.15, -0.1) is 0 Å². The van der Waals surface area contributed by atoms with E-state index in [0.29, 0.717) is 11.5 Å². The summed E-state index contributed by atoms with van der Waals surface area (Å²) in [5.74, 6) is 1.07. The molecule has 3 rings (SSSR count). The van der Waals surface area contributed by atoms with Crippen LogP contribution >= 0.6 is 0 Å². The summed E-state index contributed by atoms with van der Waals surface area (Å²) in [7, 11) is 5.19. The number of pyridine rings is 1. The number of benzene rings is 2. The summed E-state index contributed by atoms with van der Waals surface area (Å²) in [6, 6.07) is 10.7. The highest BCUT2D eigenvalue weighted by Crippen LogP contribution is 2.35. The van der Waals surface area contributed by atoms with Crippen LogP contribution in [0, 0.1) is 6.92 Å². The molecule has 2 aromatic carbocycles. The summed E-state index contributed by atoms with van der Waals surface area (Å²) in [6.45, 7) is 2.03. The number of aromatic nitrogens is 1. The van der Waals surface area contributed by atoms with Crippen LogP contribution in [0.15, 0.2) is 36.4 Å². The van der Waals surface area contributed by atoms with Crippen molar-refractivity contribution in [3.05, 3.63) is 42.1 Å². The molecule has 0 unspecified atom stereocenters. The first-order chi connectivity index (χ1) is 11.5. The number of aromatic hydroxyl groups is 2. The fourth-order valence-corrected chi connectivity index (χ4v) is 2.89. The van der Waals surface area contributed by atoms with Gasteiger partial charge >= 0.3 is 0 Å². The van der Waals surface area contributed by atoms with E-state index in [1.807, 2.05) is 36.7 Å². The number of phenols is 2. The SMILES string of the molecule is COc1cc2cc(-c3ccc(O)c(O)c3)[n+](C)c(C)c2cc1OC. The fourth-order valence-electron chi connectivity index (χ4n) is 2.89. The normalized spacial score (nSPS) is 10.8. The first-order valence-electron chi connectivity index (χ1n) is 7.54. The third kappa shape index (κ3) is 2.48. The zero-order chi connectivity index (χ0) is 17.4. The lowest BCUT2D eigenvalue weighted by Crippen LogP contribution is -2.34. The molecule has 0 spiro atoms. The van der Waals surface area contributed by atoms with E-state index in [0.717, 1.165) is 27.7 Å². The lowest BCUT2D eigenvalue weighted by molar-refractivity contribution is -0.665. The van der Waals surface area contributed by atoms with Gasteiger partial charge in [0.15, 0.2) is 28.7 Å². The zero-order valence-electron chi connectivity index (χ0n) is 14.1. The molecule has 0 aliphatic carbocycles. The van der Waals surface area contributed by atoms with Gasteiger partial charge < -0.3 is 19.7 Å². The lowest BCUT2D eigenvalue weighted by atomic mass is 10.0. The number of hydrogen-bond acceptors (Lipinski definition) is 4. The van der Waals surface area contributed by atoms with Gasteiger partial charge in [0.1, 0.15) is 7.05 Å². The van der Waals surface area contributed by atoms with Crippen LogP contribution < -0.4 is 14.0 Å². The zero-order valence-corrected chi connectivity index (χ0v) is 14.1. The molecule has 0 saturated carbocycles. The van der Waals surface area contributed by atoms with Gasteiger partial charge in [0.2, 0.25) is 5.69 Å². The Hall–Kier alpha value is -2.95. The smallest absolute Gasteiger partial charge is 0.213 e. The second-order valence-electron chi connectivity index (χ2n) is 5.67. The second kappa shape index (κ2) is 5.92. The average Bonchev–Trinajstić information content (AvgIpc) is 2.59. The molecule has 0 amide bonds. The molecular weight excluding hydrogens is 306 g/mol. The molecule has 0 radical (unpaired) electrons. The molecule has 0 aliphatic rings. The Morgan fingerprint density at radius 2 is 1.54 bits per heavy atom. The molecular formula is C19H20NO4+. The number of hydrogen-bond donors (Lipinski definition) is 2. The van der Waals surface area contributed by atoms with Crippen molar-refractivity contribution in [1.29, 1.82) is 0 Å². The van der Waals surface area contributed by atoms with Crippen LogP contribution in [0.5, 0.6) is 23.0 Å². The highest BCUT2D eigenvalue weighted by atomic mass is 16.5. The molecule has 24 heavy (non-hydrogen) atoms. The van der Waals surface area contributed by atoms with Crippen molar-refractivity contribution in [2.75, 3.05) is 14.2 Å². The average molecular weight is 326 g/mol. The predicted octanol–water partition coefficient (Wildman–Crippen LogP) is 3.07. The van der Waals surface area contributed by atoms with E-state index in [1.54, 1.807) is 26.4 Å². The van der Waals surface area contributed by atoms with Gasteiger partial charge in [0.05, 0.1) is 25.2 Å². The van der Waals surface area contributed by atoms with Crippen molar-refractivity contribution < 1.29 is 24.3 Å². The predicted molar refractivity (Wildman–Crippen MR) is 91.7 cm³/mol. The number of aryl methyl sites for hydroxylation is 1. The van der Waals surface area contributed by atoms with Crippen molar-refractivity contribution in [3.63, 3.8) is 0 Å². The molecule has 0 aliphatic heterocycles. The number of ether oxygens (including phenoxy) is 2. The third-order valence-corrected chi connectivity index (χ3v) is 4.37. The highest BCUT2D eigenvalue weighted by molar-refractivity contribution is 5.89. The number of nitrogens with zero attached hydrogens (tertiary/aromatic N) is 1. The van der Waals surface area contributed by atoms with E-state index in [9.17, 15) is 10.2 Å². The van der Waals surface area contributed by atoms with Crippen molar-refractivity contribution >= 4 is 10.8 Å². The van der Waals surface area contributed by atoms with E-state index in [1.165, 1.54) is 6.07 Å². The summed E-state index contributed by atoms with van der Waals surface area (Å²) in [6.07, 6.45) is 0. The highest BCUT2D eigenvalue weighted by Gasteiger charge is 2.19. The Morgan fingerprint density at radius 1 is 0.875 bits per heavy atom. The van der Waals surface area contributed by atoms with Gasteiger partial charge in [-0.1, -0.05) is 0 Å². The molecule has 0 bridgehead atoms. The Balaban J connectivity index is 2.30. The van der Waals surface area contributed by atoms with Crippen LogP contribution in [0.1, 0.15) is 5.69 Å². The Labute approximate surface area is 140 Å². The number of phenolic OH excluding ortho intramolecular Hbond substituents is 2. The van der Waals surface area contributed by atoms with Crippen LogP contribution in [-0.4, -0.2) is 24.4 Å². The standard InChI is InChI=1S/C19H19NO4/c1-11-14-10-19(24-4)18(23-3)9-13(14)7-15(20(11)2)12-5-6-16(21)17(22)8-12/h5-10,22H,1-4H3/p+1. The van der Waals surface area contributed by atoms with Crippen molar-refractivity contribution in [3.8, 4) is 34.3 Å². The maximum Gasteiger partial charge on any atom is 0.213 e. The van der Waals surface area contributed by atoms with E-state index in [4.69, 9.17) is 9.47 Å². The summed E-state index contributed by atoms with van der Waals surface area (Å²) in [5.41, 5.74) is 2.78. The van der Waals surface area contributed by atoms with Gasteiger partial charge in [0.25, 0.3) is 0 Å². The third-order valence-electron chi connectivity index (χ3n) is 4.37. The van der Waals surface area contributed by atoms with Gasteiger partial charge in [-0.2, -0.15) is 4.57 Å². The topological polar surface area (TPSA) is 62.8 Å². The van der Waals surface area contributed by atoms with Gasteiger partial charge in [-0.25, -0.2) is 0 Å². The maximum absolute atomic E-state index is 9.79. The molecule has 0 fully saturated rings. The van der Waals surface area contributed by atoms with Crippen LogP contribution in [-0.2, 0) is 7.05 Å². The Morgan fingerprint density at radius 3 is 2.17 bits per heavy atom. The van der Waals surface area contributed by atoms with Crippen molar-refractivity contribution in [1.82, 2.24) is 0 Å². The first-order valence-corrected chi connectivity index (χ1v) is 7.54. The molecule has 124 valence electrons. The van der Waals surface area contributed by atoms with Gasteiger partial charge in [0, 0.05) is 13.0 Å². The molecule has 2 N–H and O–H groups in total. The molecule has 5 nitrogen and oxygen atoms in total. The molecule has 5 heteroatoms. The minimum atomic E-state index is -0.141. The molecule has 1 aromatic heterocycles. The van der Waals surface area contributed by atoms with E-state index in [2.05, 4.69) is 0 Å². The van der Waals surface area contributed by atoms with E-state index in [-0.39, 0.29) is 11.5 Å². The maximum atomic E-state index is 9.79. The Kier molecular flexibility index (Phi) is 3.93. The quantitative estimate of drug-likeness (QED) is 0.573. The number of methoxy groups -OCH3 is 2. The Bertz CT molecular complexity index is 935. The molecule has 0 saturated heterocycles. The molecule has 0 atom stereocenters. The number of rotatable bonds is 3. The van der Waals surface area contributed by atoms with Crippen LogP contribution in [0.25, 0.3) is 22.0 Å². The summed E-state index contributed by atoms with van der Waals surface area (Å²) >= 11 is 0. The largest absolute Gasteiger partial charge is 0.504 e. The van der Waals surface area contributed by atoms with Gasteiger partial charge in [-0.3, -0.25) is 0 Å². The second-order valence-corrected chi connectivity index (χ2v) is 5.67. The van der Waals surface area contributed by atoms with Crippen LogP contribution in [0.4, 0.5) is 0 Å². The summed E-state index contributed by atoms with van der Waals surface area (Å²) < 4.78 is 12.8. The molecule has 1 heterocycles. The minimum Gasteiger partial charge on any atom is -0.504 e. The van der Waals surface area contributed by atoms with Gasteiger partial charge in [-0.05, 0) is 35.7 Å². The lowest BCUT2D eigenvalue weighted by Gasteiger charge is -2.12. The van der Waals surface area contributed by atoms with Crippen molar-refractivity contribution in [2.45, 2.75) is 6.92 Å². The fraction of sp³-hybridized carbons (Fsp3) is 0.211. The summed E-state index contributed by atoms with van der Waals surface area (Å²) in [5, 5.41) is 21.4. The summed E-state index contributed by atoms with van der Waals surface area (Å²) in [4.78, 5) is 0. The van der Waals surface area contributed by atoms with Crippen LogP contribution in [0.3, 0.4) is 0 Å². The van der Waals surface area contributed by atoms with E-state index >= 15 is 0 Å². The number of fused-ring (bicyclic) bond motifs is 1. The van der Waals surface area contributed by atoms with Crippen LogP contribution in [0.2, 0.25) is 0 Å². The monoisotopic (exact) mass is 326 g/mol. The first kappa shape index (κ1) is 15.9.